The van der Waals surface area contributed by atoms with Gasteiger partial charge in [0.2, 0.25) is 0 Å². The first-order chi connectivity index (χ1) is 5.25. The molecule has 0 bridgehead atoms. The van der Waals surface area contributed by atoms with Gasteiger partial charge in [0.1, 0.15) is 0 Å². The molecule has 0 N–H and O–H groups in total. The van der Waals surface area contributed by atoms with Crippen molar-refractivity contribution in [1.29, 1.82) is 0 Å². The molecule has 12 heavy (non-hydrogen) atoms. The van der Waals surface area contributed by atoms with Crippen molar-refractivity contribution in [2.75, 3.05) is 0 Å². The molecule has 1 unspecified atom stereocenters. The van der Waals surface area contributed by atoms with Crippen LogP contribution in [0.5, 0.6) is 5.75 Å². The molecule has 1 rings (SSSR count). The van der Waals surface area contributed by atoms with E-state index in [1.807, 2.05) is 12.1 Å². The highest BCUT2D eigenvalue weighted by molar-refractivity contribution is 5.33. The molecule has 0 amide bonds. The zero-order valence-corrected chi connectivity index (χ0v) is 8.14. The van der Waals surface area contributed by atoms with E-state index in [2.05, 4.69) is 13.8 Å². The average molecular weight is 185 g/mol. The Morgan fingerprint density at radius 1 is 1.33 bits per heavy atom. The summed E-state index contributed by atoms with van der Waals surface area (Å²) in [5, 5.41) is 11.2. The third kappa shape index (κ3) is 2.42. The van der Waals surface area contributed by atoms with Crippen molar-refractivity contribution in [3.63, 3.8) is 0 Å². The third-order valence-corrected chi connectivity index (χ3v) is 2.06. The maximum Gasteiger partial charge on any atom is -0.0199 e. The van der Waals surface area contributed by atoms with Gasteiger partial charge in [-0.15, -0.1) is 5.75 Å². The first-order valence-corrected chi connectivity index (χ1v) is 4.01. The van der Waals surface area contributed by atoms with Crippen molar-refractivity contribution < 1.29 is 17.5 Å². The van der Waals surface area contributed by atoms with Gasteiger partial charge in [0.15, 0.2) is 0 Å². The van der Waals surface area contributed by atoms with Crippen LogP contribution in [-0.4, -0.2) is 0 Å². The normalized spacial score (nSPS) is 11.8. The van der Waals surface area contributed by atoms with Crippen LogP contribution in [0.1, 0.15) is 31.7 Å². The fourth-order valence-electron chi connectivity index (χ4n) is 1.11. The fraction of sp³-hybridized carbons (Fsp3) is 0.400. The van der Waals surface area contributed by atoms with Crippen LogP contribution >= 0.6 is 0 Å². The summed E-state index contributed by atoms with van der Waals surface area (Å²) in [5.41, 5.74) is 0.940. The highest BCUT2D eigenvalue weighted by Crippen LogP contribution is 2.24. The van der Waals surface area contributed by atoms with Crippen molar-refractivity contribution in [3.05, 3.63) is 29.8 Å². The molecule has 0 fully saturated rings. The second-order valence-electron chi connectivity index (χ2n) is 2.85. The second kappa shape index (κ2) is 5.04. The largest absolute Gasteiger partial charge is 1.00 e. The van der Waals surface area contributed by atoms with Crippen LogP contribution in [0.4, 0.5) is 0 Å². The van der Waals surface area contributed by atoms with Crippen LogP contribution in [0.3, 0.4) is 0 Å². The van der Waals surface area contributed by atoms with Gasteiger partial charge in [-0.2, -0.15) is 0 Å². The molecule has 0 heterocycles. The standard InChI is InChI=1S/C10H14O.ClH/c1-3-8(2)9-6-4-5-7-10(9)11;/h4-8,11H,3H2,1-2H3;1H/p-2. The van der Waals surface area contributed by atoms with Gasteiger partial charge in [-0.25, -0.2) is 0 Å². The topological polar surface area (TPSA) is 23.1 Å². The van der Waals surface area contributed by atoms with E-state index >= 15 is 0 Å². The van der Waals surface area contributed by atoms with Gasteiger partial charge in [0, 0.05) is 0 Å². The maximum atomic E-state index is 11.2. The molecule has 0 aliphatic rings. The molecule has 0 saturated heterocycles. The van der Waals surface area contributed by atoms with Crippen LogP contribution in [0, 0.1) is 0 Å². The van der Waals surface area contributed by atoms with E-state index in [0.717, 1.165) is 12.0 Å². The summed E-state index contributed by atoms with van der Waals surface area (Å²) in [6, 6.07) is 7.25. The summed E-state index contributed by atoms with van der Waals surface area (Å²) in [7, 11) is 0. The Balaban J connectivity index is 0.00000121. The molecule has 0 aromatic heterocycles. The second-order valence-corrected chi connectivity index (χ2v) is 2.85. The highest BCUT2D eigenvalue weighted by Gasteiger charge is 2.01. The molecule has 0 radical (unpaired) electrons. The summed E-state index contributed by atoms with van der Waals surface area (Å²) in [5.74, 6) is 0.561. The van der Waals surface area contributed by atoms with Crippen molar-refractivity contribution in [3.8, 4) is 5.75 Å². The lowest BCUT2D eigenvalue weighted by molar-refractivity contribution is -0.269. The summed E-state index contributed by atoms with van der Waals surface area (Å²) in [4.78, 5) is 0. The summed E-state index contributed by atoms with van der Waals surface area (Å²) >= 11 is 0. The van der Waals surface area contributed by atoms with Crippen LogP contribution in [0.15, 0.2) is 24.3 Å². The summed E-state index contributed by atoms with van der Waals surface area (Å²) < 4.78 is 0. The minimum Gasteiger partial charge on any atom is -1.00 e. The predicted molar refractivity (Wildman–Crippen MR) is 44.6 cm³/mol. The lowest BCUT2D eigenvalue weighted by Gasteiger charge is -2.17. The van der Waals surface area contributed by atoms with Crippen molar-refractivity contribution in [1.82, 2.24) is 0 Å². The van der Waals surface area contributed by atoms with Gasteiger partial charge < -0.3 is 17.5 Å². The number of hydrogen-bond acceptors (Lipinski definition) is 1. The van der Waals surface area contributed by atoms with E-state index < -0.39 is 0 Å². The third-order valence-electron chi connectivity index (χ3n) is 2.06. The monoisotopic (exact) mass is 184 g/mol. The zero-order valence-electron chi connectivity index (χ0n) is 7.38. The molecule has 1 atom stereocenters. The van der Waals surface area contributed by atoms with Gasteiger partial charge in [-0.3, -0.25) is 0 Å². The maximum absolute atomic E-state index is 11.2. The Labute approximate surface area is 79.8 Å². The van der Waals surface area contributed by atoms with Gasteiger partial charge in [-0.05, 0) is 12.3 Å². The van der Waals surface area contributed by atoms with Gasteiger partial charge in [-0.1, -0.05) is 43.7 Å². The molecule has 0 saturated carbocycles. The Kier molecular flexibility index (Phi) is 4.75. The lowest BCUT2D eigenvalue weighted by atomic mass is 9.98. The Hall–Kier alpha value is -0.690. The number of hydrogen-bond donors (Lipinski definition) is 0. The van der Waals surface area contributed by atoms with Crippen LogP contribution in [0.2, 0.25) is 0 Å². The Bertz CT molecular complexity index is 235. The first-order valence-electron chi connectivity index (χ1n) is 4.01. The molecular weight excluding hydrogens is 172 g/mol. The molecule has 0 spiro atoms. The first kappa shape index (κ1) is 11.3. The summed E-state index contributed by atoms with van der Waals surface area (Å²) in [6.07, 6.45) is 1.03. The van der Waals surface area contributed by atoms with E-state index in [1.54, 1.807) is 12.1 Å². The number of rotatable bonds is 2. The van der Waals surface area contributed by atoms with Crippen LogP contribution in [-0.2, 0) is 0 Å². The lowest BCUT2D eigenvalue weighted by Crippen LogP contribution is -3.00. The number of para-hydroxylation sites is 1. The molecule has 1 aromatic carbocycles. The quantitative estimate of drug-likeness (QED) is 0.595. The summed E-state index contributed by atoms with van der Waals surface area (Å²) in [6.45, 7) is 4.17. The molecule has 2 heteroatoms. The van der Waals surface area contributed by atoms with E-state index in [1.165, 1.54) is 0 Å². The zero-order chi connectivity index (χ0) is 8.27. The molecule has 0 aliphatic carbocycles. The number of halogens is 1. The fourth-order valence-corrected chi connectivity index (χ4v) is 1.11. The van der Waals surface area contributed by atoms with Crippen LogP contribution < -0.4 is 17.5 Å². The molecule has 0 aliphatic heterocycles. The minimum absolute atomic E-state index is 0. The minimum atomic E-state index is 0. The van der Waals surface area contributed by atoms with E-state index in [-0.39, 0.29) is 18.2 Å². The molecule has 1 aromatic rings. The van der Waals surface area contributed by atoms with Gasteiger partial charge in [0.25, 0.3) is 0 Å². The molecule has 1 nitrogen and oxygen atoms in total. The van der Waals surface area contributed by atoms with Gasteiger partial charge >= 0.3 is 0 Å². The van der Waals surface area contributed by atoms with Crippen molar-refractivity contribution in [2.24, 2.45) is 0 Å². The number of benzene rings is 1. The molecule has 68 valence electrons. The van der Waals surface area contributed by atoms with E-state index in [9.17, 15) is 5.11 Å². The Morgan fingerprint density at radius 2 is 1.92 bits per heavy atom. The van der Waals surface area contributed by atoms with E-state index in [0.29, 0.717) is 5.92 Å². The predicted octanol–water partition coefficient (Wildman–Crippen LogP) is -0.722. The SMILES string of the molecule is CCC(C)c1ccccc1[O-].[Cl-]. The van der Waals surface area contributed by atoms with E-state index in [4.69, 9.17) is 0 Å². The molecular formula is C10H13ClO-2. The van der Waals surface area contributed by atoms with Gasteiger partial charge in [0.05, 0.1) is 0 Å². The van der Waals surface area contributed by atoms with Crippen molar-refractivity contribution >= 4 is 0 Å². The average Bonchev–Trinajstić information content (AvgIpc) is 2.04. The van der Waals surface area contributed by atoms with Crippen molar-refractivity contribution in [2.45, 2.75) is 26.2 Å². The van der Waals surface area contributed by atoms with Crippen LogP contribution in [0.25, 0.3) is 0 Å². The smallest absolute Gasteiger partial charge is 0.0199 e. The Morgan fingerprint density at radius 3 is 2.42 bits per heavy atom. The highest BCUT2D eigenvalue weighted by atomic mass is 35.5.